The van der Waals surface area contributed by atoms with Gasteiger partial charge in [0.15, 0.2) is 11.4 Å². The van der Waals surface area contributed by atoms with Gasteiger partial charge in [0.05, 0.1) is 11.6 Å². The Labute approximate surface area is 225 Å². The van der Waals surface area contributed by atoms with Crippen LogP contribution in [0.25, 0.3) is 0 Å². The van der Waals surface area contributed by atoms with Gasteiger partial charge in [-0.3, -0.25) is 19.3 Å². The second-order valence-electron chi connectivity index (χ2n) is 11.0. The second kappa shape index (κ2) is 9.36. The van der Waals surface area contributed by atoms with Crippen molar-refractivity contribution in [2.24, 2.45) is 17.6 Å². The van der Waals surface area contributed by atoms with E-state index in [0.717, 1.165) is 23.1 Å². The van der Waals surface area contributed by atoms with Crippen LogP contribution in [0.4, 0.5) is 0 Å². The molecule has 0 spiro atoms. The van der Waals surface area contributed by atoms with Crippen LogP contribution in [0.2, 0.25) is 0 Å². The Morgan fingerprint density at radius 1 is 1.05 bits per heavy atom. The number of aliphatic hydroxyl groups is 3. The minimum absolute atomic E-state index is 0.0391. The van der Waals surface area contributed by atoms with Gasteiger partial charge < -0.3 is 26.2 Å². The molecule has 0 aromatic heterocycles. The maximum absolute atomic E-state index is 13.8. The largest absolute Gasteiger partial charge is 0.510 e. The van der Waals surface area contributed by atoms with E-state index in [1.165, 1.54) is 11.0 Å². The Bertz CT molecular complexity index is 1470. The number of allylic oxidation sites excluding steroid dienone is 1. The van der Waals surface area contributed by atoms with Gasteiger partial charge in [0, 0.05) is 11.5 Å². The third-order valence-electron chi connectivity index (χ3n) is 8.51. The highest BCUT2D eigenvalue weighted by atomic mass is 16.3. The summed E-state index contributed by atoms with van der Waals surface area (Å²) in [6.45, 7) is 2.02. The normalized spacial score (nSPS) is 26.4. The number of hydrogen-bond acceptors (Lipinski definition) is 8. The van der Waals surface area contributed by atoms with E-state index in [1.54, 1.807) is 20.2 Å². The smallest absolute Gasteiger partial charge is 0.255 e. The number of nitrogens with two attached hydrogens (primary N) is 1. The van der Waals surface area contributed by atoms with Crippen molar-refractivity contribution in [3.05, 3.63) is 86.9 Å². The Kier molecular flexibility index (Phi) is 6.39. The van der Waals surface area contributed by atoms with E-state index in [-0.39, 0.29) is 29.7 Å². The summed E-state index contributed by atoms with van der Waals surface area (Å²) in [7, 11) is 3.21. The summed E-state index contributed by atoms with van der Waals surface area (Å²) in [4.78, 5) is 40.8. The van der Waals surface area contributed by atoms with E-state index in [0.29, 0.717) is 12.0 Å². The highest BCUT2D eigenvalue weighted by Crippen LogP contribution is 2.52. The number of ketones is 2. The molecule has 4 atom stereocenters. The number of primary amides is 1. The molecule has 2 aromatic rings. The lowest BCUT2D eigenvalue weighted by molar-refractivity contribution is -0.148. The van der Waals surface area contributed by atoms with Crippen molar-refractivity contribution in [3.63, 3.8) is 0 Å². The van der Waals surface area contributed by atoms with E-state index < -0.39 is 58.0 Å². The minimum Gasteiger partial charge on any atom is -0.510 e. The molecule has 0 aliphatic heterocycles. The summed E-state index contributed by atoms with van der Waals surface area (Å²) < 4.78 is 0. The Hall–Kier alpha value is -3.95. The van der Waals surface area contributed by atoms with E-state index in [1.807, 2.05) is 19.1 Å². The molecular weight excluding hydrogens is 500 g/mol. The first-order chi connectivity index (χ1) is 18.4. The monoisotopic (exact) mass is 532 g/mol. The first-order valence-electron chi connectivity index (χ1n) is 12.9. The number of carbonyl (C=O) groups excluding carboxylic acids is 3. The number of rotatable bonds is 5. The van der Waals surface area contributed by atoms with Gasteiger partial charge in [-0.25, -0.2) is 0 Å². The molecule has 0 heterocycles. The van der Waals surface area contributed by atoms with Crippen LogP contribution in [-0.2, 0) is 28.9 Å². The molecular formula is C30H32N2O7. The van der Waals surface area contributed by atoms with Crippen molar-refractivity contribution >= 4 is 17.5 Å². The molecule has 1 amide bonds. The summed E-state index contributed by atoms with van der Waals surface area (Å²) >= 11 is 0. The molecule has 2 aromatic carbocycles. The number of benzene rings is 2. The Morgan fingerprint density at radius 2 is 1.72 bits per heavy atom. The zero-order valence-corrected chi connectivity index (χ0v) is 22.1. The first-order valence-corrected chi connectivity index (χ1v) is 12.9. The van der Waals surface area contributed by atoms with Gasteiger partial charge in [-0.1, -0.05) is 35.9 Å². The van der Waals surface area contributed by atoms with Crippen LogP contribution in [0.15, 0.2) is 59.1 Å². The lowest BCUT2D eigenvalue weighted by Crippen LogP contribution is -2.63. The van der Waals surface area contributed by atoms with Crippen LogP contribution in [0, 0.1) is 18.8 Å². The summed E-state index contributed by atoms with van der Waals surface area (Å²) in [5.74, 6) is -6.48. The van der Waals surface area contributed by atoms with Crippen LogP contribution in [0.5, 0.6) is 5.75 Å². The van der Waals surface area contributed by atoms with Crippen LogP contribution in [0.3, 0.4) is 0 Å². The van der Waals surface area contributed by atoms with Crippen LogP contribution in [0.1, 0.15) is 39.0 Å². The summed E-state index contributed by atoms with van der Waals surface area (Å²) in [5, 5.41) is 44.6. The summed E-state index contributed by atoms with van der Waals surface area (Å²) in [6.07, 6.45) is 1.69. The van der Waals surface area contributed by atoms with Crippen molar-refractivity contribution in [1.82, 2.24) is 4.90 Å². The topological polar surface area (TPSA) is 161 Å². The fourth-order valence-electron chi connectivity index (χ4n) is 6.58. The SMILES string of the molecule is Cc1ccc(CCc2ccc(O)c3c2C[C@H]2C[C@H]4[C@H](N(C)C)C(O)=C(C(N)=O)C(=O)[C@@]4(O)C(O)=C2C3=O)cc1. The number of fused-ring (bicyclic) bond motifs is 3. The third kappa shape index (κ3) is 3.95. The fourth-order valence-corrected chi connectivity index (χ4v) is 6.58. The molecule has 0 saturated heterocycles. The molecule has 0 bridgehead atoms. The number of aliphatic hydroxyl groups excluding tert-OH is 2. The van der Waals surface area contributed by atoms with Crippen LogP contribution in [-0.4, -0.2) is 68.5 Å². The zero-order chi connectivity index (χ0) is 28.4. The maximum atomic E-state index is 13.8. The second-order valence-corrected chi connectivity index (χ2v) is 11.0. The highest BCUT2D eigenvalue weighted by molar-refractivity contribution is 6.24. The fraction of sp³-hybridized carbons (Fsp3) is 0.367. The van der Waals surface area contributed by atoms with Crippen molar-refractivity contribution < 1.29 is 34.8 Å². The molecule has 0 fully saturated rings. The van der Waals surface area contributed by atoms with Gasteiger partial charge in [0.2, 0.25) is 5.78 Å². The Balaban J connectivity index is 1.60. The molecule has 0 saturated carbocycles. The summed E-state index contributed by atoms with van der Waals surface area (Å²) in [6, 6.07) is 10.4. The number of hydrogen-bond donors (Lipinski definition) is 5. The van der Waals surface area contributed by atoms with Gasteiger partial charge >= 0.3 is 0 Å². The molecule has 0 unspecified atom stereocenters. The van der Waals surface area contributed by atoms with Gasteiger partial charge in [0.1, 0.15) is 22.8 Å². The van der Waals surface area contributed by atoms with Gasteiger partial charge in [-0.2, -0.15) is 0 Å². The molecule has 9 nitrogen and oxygen atoms in total. The molecule has 39 heavy (non-hydrogen) atoms. The van der Waals surface area contributed by atoms with Crippen molar-refractivity contribution in [1.29, 1.82) is 0 Å². The van der Waals surface area contributed by atoms with E-state index in [2.05, 4.69) is 12.1 Å². The zero-order valence-electron chi connectivity index (χ0n) is 22.1. The number of phenolic OH excluding ortho intramolecular Hbond substituents is 1. The molecule has 0 radical (unpaired) electrons. The lowest BCUT2D eigenvalue weighted by Gasteiger charge is -2.50. The van der Waals surface area contributed by atoms with Crippen molar-refractivity contribution in [2.45, 2.75) is 44.2 Å². The van der Waals surface area contributed by atoms with E-state index in [4.69, 9.17) is 5.73 Å². The quantitative estimate of drug-likeness (QED) is 0.366. The number of amides is 1. The standard InChI is InChI=1S/C30H32N2O7/c1-14-4-6-15(7-5-14)8-9-16-10-11-20(33)22-18(16)12-17-13-19-24(32(2)3)26(35)23(29(31)38)28(37)30(19,39)27(36)21(17)25(22)34/h4-7,10-11,17,19,24,33,35-36,39H,8-9,12-13H2,1-3H3,(H2,31,38)/t17-,19-,24-,30-/m0/s1. The third-order valence-corrected chi connectivity index (χ3v) is 8.51. The predicted octanol–water partition coefficient (Wildman–Crippen LogP) is 2.21. The van der Waals surface area contributed by atoms with E-state index >= 15 is 0 Å². The molecule has 6 N–H and O–H groups in total. The predicted molar refractivity (Wildman–Crippen MR) is 142 cm³/mol. The first kappa shape index (κ1) is 26.6. The van der Waals surface area contributed by atoms with Crippen LogP contribution >= 0.6 is 0 Å². The number of phenols is 1. The number of aromatic hydroxyl groups is 1. The lowest BCUT2D eigenvalue weighted by atomic mass is 9.58. The average Bonchev–Trinajstić information content (AvgIpc) is 2.86. The molecule has 9 heteroatoms. The molecule has 3 aliphatic rings. The molecule has 3 aliphatic carbocycles. The molecule has 5 rings (SSSR count). The number of Topliss-reactive ketones (excluding diaryl/α,β-unsaturated/α-hetero) is 2. The number of carbonyl (C=O) groups is 3. The molecule has 204 valence electrons. The van der Waals surface area contributed by atoms with Crippen molar-refractivity contribution in [3.8, 4) is 5.75 Å². The Morgan fingerprint density at radius 3 is 2.33 bits per heavy atom. The highest BCUT2D eigenvalue weighted by Gasteiger charge is 2.63. The van der Waals surface area contributed by atoms with E-state index in [9.17, 15) is 34.8 Å². The number of nitrogens with zero attached hydrogens (tertiary/aromatic N) is 1. The van der Waals surface area contributed by atoms with Gasteiger partial charge in [-0.05, 0) is 75.4 Å². The number of aryl methyl sites for hydroxylation is 3. The summed E-state index contributed by atoms with van der Waals surface area (Å²) in [5.41, 5.74) is 5.65. The number of likely N-dealkylation sites (N-methyl/N-ethyl adjacent to an activating group) is 1. The maximum Gasteiger partial charge on any atom is 0.255 e. The minimum atomic E-state index is -2.64. The van der Waals surface area contributed by atoms with Crippen molar-refractivity contribution in [2.75, 3.05) is 14.1 Å². The average molecular weight is 533 g/mol. The van der Waals surface area contributed by atoms with Gasteiger partial charge in [0.25, 0.3) is 5.91 Å². The van der Waals surface area contributed by atoms with Gasteiger partial charge in [-0.15, -0.1) is 0 Å². The van der Waals surface area contributed by atoms with Crippen LogP contribution < -0.4 is 5.73 Å².